The van der Waals surface area contributed by atoms with Gasteiger partial charge in [0.05, 0.1) is 12.5 Å². The van der Waals surface area contributed by atoms with Crippen molar-refractivity contribution in [2.45, 2.75) is 13.3 Å². The maximum Gasteiger partial charge on any atom is 0.210 e. The third kappa shape index (κ3) is 1.89. The minimum atomic E-state index is 0.0163. The summed E-state index contributed by atoms with van der Waals surface area (Å²) in [5.41, 5.74) is 2.56. The molecule has 82 valence electrons. The number of benzene rings is 1. The number of hydrogen-bond acceptors (Lipinski definition) is 2. The maximum atomic E-state index is 12.1. The topological polar surface area (TPSA) is 34.9 Å². The van der Waals surface area contributed by atoms with Gasteiger partial charge in [-0.05, 0) is 12.0 Å². The molecule has 2 aromatic rings. The lowest BCUT2D eigenvalue weighted by Crippen LogP contribution is -2.06. The first-order valence-corrected chi connectivity index (χ1v) is 5.32. The Labute approximate surface area is 94.7 Å². The van der Waals surface area contributed by atoms with Gasteiger partial charge in [-0.25, -0.2) is 4.98 Å². The Morgan fingerprint density at radius 2 is 2.00 bits per heavy atom. The molecule has 0 aliphatic carbocycles. The van der Waals surface area contributed by atoms with Crippen molar-refractivity contribution in [1.82, 2.24) is 9.55 Å². The predicted molar refractivity (Wildman–Crippen MR) is 62.5 cm³/mol. The van der Waals surface area contributed by atoms with Crippen molar-refractivity contribution in [3.8, 4) is 0 Å². The summed E-state index contributed by atoms with van der Waals surface area (Å²) < 4.78 is 1.73. The molecule has 16 heavy (non-hydrogen) atoms. The highest BCUT2D eigenvalue weighted by molar-refractivity contribution is 6.07. The predicted octanol–water partition coefficient (Wildman–Crippen LogP) is 2.21. The van der Waals surface area contributed by atoms with Crippen LogP contribution in [0.5, 0.6) is 0 Å². The minimum Gasteiger partial charge on any atom is -0.331 e. The molecule has 0 spiro atoms. The first-order chi connectivity index (χ1) is 7.72. The van der Waals surface area contributed by atoms with Crippen LogP contribution >= 0.6 is 0 Å². The van der Waals surface area contributed by atoms with Gasteiger partial charge in [0.15, 0.2) is 0 Å². The summed E-state index contributed by atoms with van der Waals surface area (Å²) >= 11 is 0. The highest BCUT2D eigenvalue weighted by atomic mass is 16.1. The van der Waals surface area contributed by atoms with Crippen molar-refractivity contribution in [3.63, 3.8) is 0 Å². The molecule has 0 fully saturated rings. The van der Waals surface area contributed by atoms with E-state index in [0.717, 1.165) is 6.42 Å². The number of aryl methyl sites for hydroxylation is 2. The van der Waals surface area contributed by atoms with E-state index < -0.39 is 0 Å². The van der Waals surface area contributed by atoms with Crippen LogP contribution in [0.1, 0.15) is 28.5 Å². The summed E-state index contributed by atoms with van der Waals surface area (Å²) in [6.07, 6.45) is 4.21. The van der Waals surface area contributed by atoms with E-state index in [0.29, 0.717) is 11.3 Å². The first kappa shape index (κ1) is 10.6. The minimum absolute atomic E-state index is 0.0163. The van der Waals surface area contributed by atoms with Gasteiger partial charge in [0.25, 0.3) is 0 Å². The molecule has 0 radical (unpaired) electrons. The average Bonchev–Trinajstić information content (AvgIpc) is 2.75. The van der Waals surface area contributed by atoms with Gasteiger partial charge in [0.1, 0.15) is 5.69 Å². The zero-order valence-corrected chi connectivity index (χ0v) is 9.47. The molecule has 2 rings (SSSR count). The zero-order chi connectivity index (χ0) is 11.5. The number of carbonyl (C=O) groups excluding carboxylic acids is 1. The van der Waals surface area contributed by atoms with Crippen molar-refractivity contribution < 1.29 is 4.79 Å². The first-order valence-electron chi connectivity index (χ1n) is 5.32. The van der Waals surface area contributed by atoms with Crippen molar-refractivity contribution in [2.75, 3.05) is 0 Å². The van der Waals surface area contributed by atoms with Gasteiger partial charge < -0.3 is 4.57 Å². The Morgan fingerprint density at radius 3 is 2.50 bits per heavy atom. The lowest BCUT2D eigenvalue weighted by atomic mass is 10.1. The molecule has 1 aromatic heterocycles. The Hall–Kier alpha value is -1.90. The Kier molecular flexibility index (Phi) is 2.86. The molecular weight excluding hydrogens is 200 g/mol. The van der Waals surface area contributed by atoms with E-state index in [1.54, 1.807) is 17.1 Å². The fourth-order valence-corrected chi connectivity index (χ4v) is 1.62. The van der Waals surface area contributed by atoms with Crippen LogP contribution < -0.4 is 0 Å². The van der Waals surface area contributed by atoms with Gasteiger partial charge in [0, 0.05) is 12.6 Å². The molecule has 0 aliphatic rings. The molecule has 0 aliphatic heterocycles. The third-order valence-corrected chi connectivity index (χ3v) is 2.67. The molecule has 0 amide bonds. The van der Waals surface area contributed by atoms with E-state index in [-0.39, 0.29) is 5.78 Å². The molecule has 0 saturated heterocycles. The van der Waals surface area contributed by atoms with E-state index in [1.807, 2.05) is 31.3 Å². The fourth-order valence-electron chi connectivity index (χ4n) is 1.62. The second kappa shape index (κ2) is 4.31. The lowest BCUT2D eigenvalue weighted by Gasteiger charge is -2.02. The number of aromatic nitrogens is 2. The lowest BCUT2D eigenvalue weighted by molar-refractivity contribution is 0.103. The molecule has 0 bridgehead atoms. The van der Waals surface area contributed by atoms with Gasteiger partial charge in [-0.15, -0.1) is 0 Å². The van der Waals surface area contributed by atoms with Crippen molar-refractivity contribution >= 4 is 5.78 Å². The second-order valence-electron chi connectivity index (χ2n) is 3.77. The number of imidazole rings is 1. The van der Waals surface area contributed by atoms with Gasteiger partial charge in [-0.3, -0.25) is 4.79 Å². The SMILES string of the molecule is CCc1ccc(C(=O)c2cncn2C)cc1. The van der Waals surface area contributed by atoms with Crippen molar-refractivity contribution in [3.05, 3.63) is 53.6 Å². The van der Waals surface area contributed by atoms with Crippen molar-refractivity contribution in [1.29, 1.82) is 0 Å². The largest absolute Gasteiger partial charge is 0.331 e. The van der Waals surface area contributed by atoms with Gasteiger partial charge in [-0.1, -0.05) is 31.2 Å². The molecule has 3 nitrogen and oxygen atoms in total. The molecule has 1 heterocycles. The highest BCUT2D eigenvalue weighted by Crippen LogP contribution is 2.10. The molecule has 0 N–H and O–H groups in total. The summed E-state index contributed by atoms with van der Waals surface area (Å²) in [5.74, 6) is 0.0163. The van der Waals surface area contributed by atoms with E-state index in [2.05, 4.69) is 11.9 Å². The normalized spacial score (nSPS) is 10.4. The standard InChI is InChI=1S/C13H14N2O/c1-3-10-4-6-11(7-5-10)13(16)12-8-14-9-15(12)2/h4-9H,3H2,1-2H3. The summed E-state index contributed by atoms with van der Waals surface area (Å²) in [5, 5.41) is 0. The smallest absolute Gasteiger partial charge is 0.210 e. The number of nitrogens with zero attached hydrogens (tertiary/aromatic N) is 2. The van der Waals surface area contributed by atoms with Crippen LogP contribution in [-0.2, 0) is 13.5 Å². The number of ketones is 1. The van der Waals surface area contributed by atoms with Gasteiger partial charge >= 0.3 is 0 Å². The van der Waals surface area contributed by atoms with E-state index in [1.165, 1.54) is 5.56 Å². The second-order valence-corrected chi connectivity index (χ2v) is 3.77. The van der Waals surface area contributed by atoms with Crippen molar-refractivity contribution in [2.24, 2.45) is 7.05 Å². The zero-order valence-electron chi connectivity index (χ0n) is 9.47. The molecule has 1 aromatic carbocycles. The number of carbonyl (C=O) groups is 1. The highest BCUT2D eigenvalue weighted by Gasteiger charge is 2.11. The quantitative estimate of drug-likeness (QED) is 0.734. The van der Waals surface area contributed by atoms with Crippen LogP contribution in [0.2, 0.25) is 0 Å². The molecule has 0 saturated carbocycles. The monoisotopic (exact) mass is 214 g/mol. The third-order valence-electron chi connectivity index (χ3n) is 2.67. The van der Waals surface area contributed by atoms with E-state index >= 15 is 0 Å². The van der Waals surface area contributed by atoms with Crippen LogP contribution in [0.25, 0.3) is 0 Å². The average molecular weight is 214 g/mol. The number of rotatable bonds is 3. The molecular formula is C13H14N2O. The van der Waals surface area contributed by atoms with Crippen LogP contribution in [0.3, 0.4) is 0 Å². The van der Waals surface area contributed by atoms with E-state index in [9.17, 15) is 4.79 Å². The summed E-state index contributed by atoms with van der Waals surface area (Å²) in [6.45, 7) is 2.10. The molecule has 0 unspecified atom stereocenters. The van der Waals surface area contributed by atoms with Crippen LogP contribution in [0.4, 0.5) is 0 Å². The summed E-state index contributed by atoms with van der Waals surface area (Å²) in [7, 11) is 1.82. The van der Waals surface area contributed by atoms with E-state index in [4.69, 9.17) is 0 Å². The summed E-state index contributed by atoms with van der Waals surface area (Å²) in [6, 6.07) is 7.72. The van der Waals surface area contributed by atoms with Gasteiger partial charge in [-0.2, -0.15) is 0 Å². The maximum absolute atomic E-state index is 12.1. The van der Waals surface area contributed by atoms with Gasteiger partial charge in [0.2, 0.25) is 5.78 Å². The Balaban J connectivity index is 2.31. The number of hydrogen-bond donors (Lipinski definition) is 0. The summed E-state index contributed by atoms with van der Waals surface area (Å²) in [4.78, 5) is 16.0. The van der Waals surface area contributed by atoms with Crippen LogP contribution in [0, 0.1) is 0 Å². The van der Waals surface area contributed by atoms with Crippen LogP contribution in [0.15, 0.2) is 36.8 Å². The van der Waals surface area contributed by atoms with Crippen LogP contribution in [-0.4, -0.2) is 15.3 Å². The molecule has 0 atom stereocenters. The fraction of sp³-hybridized carbons (Fsp3) is 0.231. The molecule has 3 heteroatoms. The Morgan fingerprint density at radius 1 is 1.31 bits per heavy atom. The Bertz CT molecular complexity index is 497.